The second kappa shape index (κ2) is 7.59. The normalized spacial score (nSPS) is 10.8. The second-order valence-electron chi connectivity index (χ2n) is 5.02. The molecule has 0 saturated heterocycles. The standard InChI is InChI=1S/C16H14FN3O2S2/c1-20(8-11-6-7-23-9-11)14(21)10-24-16-19-18-15(22-16)12-4-2-3-5-13(12)17/h2-7,9H,8,10H2,1H3. The van der Waals surface area contributed by atoms with Gasteiger partial charge in [0.2, 0.25) is 5.91 Å². The van der Waals surface area contributed by atoms with Gasteiger partial charge >= 0.3 is 0 Å². The van der Waals surface area contributed by atoms with Crippen LogP contribution < -0.4 is 0 Å². The number of carbonyl (C=O) groups is 1. The van der Waals surface area contributed by atoms with Crippen molar-refractivity contribution < 1.29 is 13.6 Å². The van der Waals surface area contributed by atoms with E-state index in [0.717, 1.165) is 17.3 Å². The summed E-state index contributed by atoms with van der Waals surface area (Å²) in [6, 6.07) is 8.16. The average Bonchev–Trinajstić information content (AvgIpc) is 3.24. The molecule has 24 heavy (non-hydrogen) atoms. The lowest BCUT2D eigenvalue weighted by atomic mass is 10.2. The summed E-state index contributed by atoms with van der Waals surface area (Å²) >= 11 is 2.74. The van der Waals surface area contributed by atoms with Gasteiger partial charge in [-0.2, -0.15) is 11.3 Å². The van der Waals surface area contributed by atoms with E-state index in [1.165, 1.54) is 6.07 Å². The number of rotatable bonds is 6. The highest BCUT2D eigenvalue weighted by Gasteiger charge is 2.15. The van der Waals surface area contributed by atoms with Gasteiger partial charge in [-0.3, -0.25) is 4.79 Å². The van der Waals surface area contributed by atoms with Crippen LogP contribution in [0, 0.1) is 5.82 Å². The van der Waals surface area contributed by atoms with E-state index in [1.807, 2.05) is 16.8 Å². The fourth-order valence-electron chi connectivity index (χ4n) is 1.99. The predicted octanol–water partition coefficient (Wildman–Crippen LogP) is 3.69. The van der Waals surface area contributed by atoms with Gasteiger partial charge in [-0.25, -0.2) is 4.39 Å². The van der Waals surface area contributed by atoms with Crippen LogP contribution in [0.2, 0.25) is 0 Å². The number of hydrogen-bond donors (Lipinski definition) is 0. The molecule has 5 nitrogen and oxygen atoms in total. The molecule has 8 heteroatoms. The number of nitrogens with zero attached hydrogens (tertiary/aromatic N) is 3. The highest BCUT2D eigenvalue weighted by atomic mass is 32.2. The van der Waals surface area contributed by atoms with Crippen molar-refractivity contribution in [1.82, 2.24) is 15.1 Å². The molecule has 124 valence electrons. The molecule has 0 unspecified atom stereocenters. The van der Waals surface area contributed by atoms with Crippen molar-refractivity contribution in [1.29, 1.82) is 0 Å². The van der Waals surface area contributed by atoms with Crippen LogP contribution in [-0.2, 0) is 11.3 Å². The van der Waals surface area contributed by atoms with Gasteiger partial charge in [-0.15, -0.1) is 10.2 Å². The molecule has 2 heterocycles. The van der Waals surface area contributed by atoms with Gasteiger partial charge in [-0.05, 0) is 34.5 Å². The van der Waals surface area contributed by atoms with Gasteiger partial charge in [-0.1, -0.05) is 23.9 Å². The fraction of sp³-hybridized carbons (Fsp3) is 0.188. The Kier molecular flexibility index (Phi) is 5.27. The third-order valence-corrected chi connectivity index (χ3v) is 4.79. The Hall–Kier alpha value is -2.19. The molecule has 0 aliphatic heterocycles. The summed E-state index contributed by atoms with van der Waals surface area (Å²) in [6.07, 6.45) is 0. The van der Waals surface area contributed by atoms with Crippen molar-refractivity contribution in [2.75, 3.05) is 12.8 Å². The van der Waals surface area contributed by atoms with Crippen molar-refractivity contribution >= 4 is 29.0 Å². The Morgan fingerprint density at radius 1 is 1.33 bits per heavy atom. The van der Waals surface area contributed by atoms with E-state index >= 15 is 0 Å². The minimum Gasteiger partial charge on any atom is -0.411 e. The number of amides is 1. The maximum Gasteiger partial charge on any atom is 0.277 e. The van der Waals surface area contributed by atoms with Gasteiger partial charge in [0.25, 0.3) is 11.1 Å². The first-order valence-corrected chi connectivity index (χ1v) is 9.02. The number of halogens is 1. The van der Waals surface area contributed by atoms with Crippen LogP contribution in [0.5, 0.6) is 0 Å². The van der Waals surface area contributed by atoms with Crippen molar-refractivity contribution in [3.8, 4) is 11.5 Å². The molecule has 0 bridgehead atoms. The van der Waals surface area contributed by atoms with Crippen LogP contribution in [-0.4, -0.2) is 33.8 Å². The molecule has 0 N–H and O–H groups in total. The van der Waals surface area contributed by atoms with E-state index < -0.39 is 5.82 Å². The van der Waals surface area contributed by atoms with Gasteiger partial charge < -0.3 is 9.32 Å². The average molecular weight is 363 g/mol. The summed E-state index contributed by atoms with van der Waals surface area (Å²) in [4.78, 5) is 13.8. The van der Waals surface area contributed by atoms with E-state index in [1.54, 1.807) is 41.5 Å². The van der Waals surface area contributed by atoms with E-state index in [2.05, 4.69) is 10.2 Å². The summed E-state index contributed by atoms with van der Waals surface area (Å²) in [5.74, 6) is -0.185. The zero-order valence-corrected chi connectivity index (χ0v) is 14.4. The Balaban J connectivity index is 1.57. The van der Waals surface area contributed by atoms with Gasteiger partial charge in [0.05, 0.1) is 11.3 Å². The maximum atomic E-state index is 13.7. The molecule has 1 amide bonds. The number of hydrogen-bond acceptors (Lipinski definition) is 6. The highest BCUT2D eigenvalue weighted by Crippen LogP contribution is 2.25. The zero-order chi connectivity index (χ0) is 16.9. The summed E-state index contributed by atoms with van der Waals surface area (Å²) < 4.78 is 19.1. The molecule has 1 aromatic carbocycles. The molecule has 3 rings (SSSR count). The van der Waals surface area contributed by atoms with Crippen LogP contribution in [0.3, 0.4) is 0 Å². The van der Waals surface area contributed by atoms with Crippen molar-refractivity contribution in [3.63, 3.8) is 0 Å². The highest BCUT2D eigenvalue weighted by molar-refractivity contribution is 7.99. The Morgan fingerprint density at radius 3 is 2.92 bits per heavy atom. The molecular formula is C16H14FN3O2S2. The van der Waals surface area contributed by atoms with Crippen molar-refractivity contribution in [3.05, 3.63) is 52.5 Å². The minimum atomic E-state index is -0.427. The lowest BCUT2D eigenvalue weighted by Gasteiger charge is -2.15. The molecule has 0 fully saturated rings. The van der Waals surface area contributed by atoms with E-state index in [0.29, 0.717) is 6.54 Å². The third kappa shape index (κ3) is 4.01. The quantitative estimate of drug-likeness (QED) is 0.625. The Bertz CT molecular complexity index is 820. The predicted molar refractivity (Wildman–Crippen MR) is 91.2 cm³/mol. The van der Waals surface area contributed by atoms with Crippen LogP contribution in [0.25, 0.3) is 11.5 Å². The second-order valence-corrected chi connectivity index (χ2v) is 6.73. The van der Waals surface area contributed by atoms with E-state index in [4.69, 9.17) is 4.42 Å². The summed E-state index contributed by atoms with van der Waals surface area (Å²) in [7, 11) is 1.75. The van der Waals surface area contributed by atoms with E-state index in [9.17, 15) is 9.18 Å². The SMILES string of the molecule is CN(Cc1ccsc1)C(=O)CSc1nnc(-c2ccccc2F)o1. The lowest BCUT2D eigenvalue weighted by Crippen LogP contribution is -2.27. The van der Waals surface area contributed by atoms with Crippen LogP contribution in [0.1, 0.15) is 5.56 Å². The monoisotopic (exact) mass is 363 g/mol. The topological polar surface area (TPSA) is 59.2 Å². The first kappa shape index (κ1) is 16.7. The molecule has 2 aromatic heterocycles. The van der Waals surface area contributed by atoms with Crippen LogP contribution >= 0.6 is 23.1 Å². The first-order valence-electron chi connectivity index (χ1n) is 7.09. The molecule has 0 spiro atoms. The summed E-state index contributed by atoms with van der Waals surface area (Å²) in [6.45, 7) is 0.563. The van der Waals surface area contributed by atoms with Gasteiger partial charge in [0.1, 0.15) is 5.82 Å². The van der Waals surface area contributed by atoms with E-state index in [-0.39, 0.29) is 28.3 Å². The zero-order valence-electron chi connectivity index (χ0n) is 12.8. The molecule has 3 aromatic rings. The van der Waals surface area contributed by atoms with Gasteiger partial charge in [0, 0.05) is 13.6 Å². The van der Waals surface area contributed by atoms with Crippen LogP contribution in [0.4, 0.5) is 4.39 Å². The minimum absolute atomic E-state index is 0.0446. The van der Waals surface area contributed by atoms with Crippen molar-refractivity contribution in [2.45, 2.75) is 11.8 Å². The number of aromatic nitrogens is 2. The Morgan fingerprint density at radius 2 is 2.17 bits per heavy atom. The molecule has 0 atom stereocenters. The lowest BCUT2D eigenvalue weighted by molar-refractivity contribution is -0.127. The summed E-state index contributed by atoms with van der Waals surface area (Å²) in [5.41, 5.74) is 1.35. The fourth-order valence-corrected chi connectivity index (χ4v) is 3.35. The molecule has 0 aliphatic carbocycles. The first-order chi connectivity index (χ1) is 11.6. The maximum absolute atomic E-state index is 13.7. The molecule has 0 saturated carbocycles. The number of carbonyl (C=O) groups excluding carboxylic acids is 1. The number of thiophene rings is 1. The molecule has 0 radical (unpaired) electrons. The largest absolute Gasteiger partial charge is 0.411 e. The molecular weight excluding hydrogens is 349 g/mol. The third-order valence-electron chi connectivity index (χ3n) is 3.26. The summed E-state index contributed by atoms with van der Waals surface area (Å²) in [5, 5.41) is 11.9. The van der Waals surface area contributed by atoms with Crippen molar-refractivity contribution in [2.24, 2.45) is 0 Å². The smallest absolute Gasteiger partial charge is 0.277 e. The molecule has 0 aliphatic rings. The Labute approximate surface area is 146 Å². The number of benzene rings is 1. The van der Waals surface area contributed by atoms with Gasteiger partial charge in [0.15, 0.2) is 0 Å². The number of thioether (sulfide) groups is 1. The van der Waals surface area contributed by atoms with Crippen LogP contribution in [0.15, 0.2) is 50.7 Å².